The highest BCUT2D eigenvalue weighted by atomic mass is 16.3. The van der Waals surface area contributed by atoms with E-state index in [1.54, 1.807) is 0 Å². The van der Waals surface area contributed by atoms with Gasteiger partial charge in [-0.25, -0.2) is 0 Å². The van der Waals surface area contributed by atoms with Crippen molar-refractivity contribution in [1.82, 2.24) is 0 Å². The van der Waals surface area contributed by atoms with Crippen LogP contribution < -0.4 is 0 Å². The van der Waals surface area contributed by atoms with Gasteiger partial charge in [-0.1, -0.05) is 32.1 Å². The standard InChI is InChI=1S/C10H18O2/c1-2-3-4-5-6-7-8-10(12)9-11/h10-12H,2-6,9H2,1H3/t10-/m0/s1. The zero-order chi connectivity index (χ0) is 9.23. The van der Waals surface area contributed by atoms with E-state index in [4.69, 9.17) is 10.2 Å². The van der Waals surface area contributed by atoms with Gasteiger partial charge in [0.1, 0.15) is 6.10 Å². The summed E-state index contributed by atoms with van der Waals surface area (Å²) in [4.78, 5) is 0. The zero-order valence-corrected chi connectivity index (χ0v) is 7.71. The molecule has 0 aromatic rings. The van der Waals surface area contributed by atoms with Gasteiger partial charge in [0.2, 0.25) is 0 Å². The molecule has 70 valence electrons. The molecular weight excluding hydrogens is 152 g/mol. The molecular formula is C10H18O2. The third-order valence-electron chi connectivity index (χ3n) is 1.60. The number of unbranched alkanes of at least 4 members (excludes halogenated alkanes) is 4. The lowest BCUT2D eigenvalue weighted by Gasteiger charge is -1.94. The van der Waals surface area contributed by atoms with Crippen LogP contribution in [0.2, 0.25) is 0 Å². The molecule has 0 rings (SSSR count). The molecule has 2 heteroatoms. The van der Waals surface area contributed by atoms with E-state index in [1.807, 2.05) is 0 Å². The molecule has 0 aliphatic carbocycles. The highest BCUT2D eigenvalue weighted by Crippen LogP contribution is 2.00. The van der Waals surface area contributed by atoms with Gasteiger partial charge in [-0.2, -0.15) is 0 Å². The second-order valence-electron chi connectivity index (χ2n) is 2.83. The van der Waals surface area contributed by atoms with Crippen molar-refractivity contribution in [2.24, 2.45) is 0 Å². The molecule has 0 bridgehead atoms. The van der Waals surface area contributed by atoms with Gasteiger partial charge in [0.25, 0.3) is 0 Å². The van der Waals surface area contributed by atoms with Crippen LogP contribution in [0.25, 0.3) is 0 Å². The molecule has 0 amide bonds. The van der Waals surface area contributed by atoms with Crippen LogP contribution in [-0.4, -0.2) is 22.9 Å². The number of aliphatic hydroxyl groups is 2. The summed E-state index contributed by atoms with van der Waals surface area (Å²) < 4.78 is 0. The van der Waals surface area contributed by atoms with Gasteiger partial charge < -0.3 is 10.2 Å². The van der Waals surface area contributed by atoms with E-state index >= 15 is 0 Å². The Hall–Kier alpha value is -0.520. The van der Waals surface area contributed by atoms with E-state index in [2.05, 4.69) is 18.8 Å². The summed E-state index contributed by atoms with van der Waals surface area (Å²) in [6, 6.07) is 0. The van der Waals surface area contributed by atoms with Crippen molar-refractivity contribution < 1.29 is 10.2 Å². The van der Waals surface area contributed by atoms with Crippen molar-refractivity contribution in [3.05, 3.63) is 0 Å². The lowest BCUT2D eigenvalue weighted by Crippen LogP contribution is -2.07. The van der Waals surface area contributed by atoms with E-state index < -0.39 is 6.10 Å². The fourth-order valence-corrected chi connectivity index (χ4v) is 0.876. The Kier molecular flexibility index (Phi) is 8.20. The number of aliphatic hydroxyl groups excluding tert-OH is 2. The quantitative estimate of drug-likeness (QED) is 0.482. The minimum atomic E-state index is -0.851. The molecule has 0 fully saturated rings. The summed E-state index contributed by atoms with van der Waals surface area (Å²) in [5.41, 5.74) is 0. The first kappa shape index (κ1) is 11.5. The molecule has 0 unspecified atom stereocenters. The number of hydrogen-bond acceptors (Lipinski definition) is 2. The second kappa shape index (κ2) is 8.58. The fraction of sp³-hybridized carbons (Fsp3) is 0.800. The largest absolute Gasteiger partial charge is 0.393 e. The van der Waals surface area contributed by atoms with Crippen molar-refractivity contribution in [3.63, 3.8) is 0 Å². The average Bonchev–Trinajstić information content (AvgIpc) is 2.10. The number of hydrogen-bond donors (Lipinski definition) is 2. The van der Waals surface area contributed by atoms with E-state index in [9.17, 15) is 0 Å². The highest BCUT2D eigenvalue weighted by molar-refractivity contribution is 5.04. The molecule has 2 N–H and O–H groups in total. The maximum atomic E-state index is 8.84. The topological polar surface area (TPSA) is 40.5 Å². The van der Waals surface area contributed by atoms with Crippen LogP contribution in [0.15, 0.2) is 0 Å². The molecule has 1 atom stereocenters. The second-order valence-corrected chi connectivity index (χ2v) is 2.83. The summed E-state index contributed by atoms with van der Waals surface area (Å²) >= 11 is 0. The van der Waals surface area contributed by atoms with E-state index in [0.29, 0.717) is 0 Å². The Morgan fingerprint density at radius 3 is 2.58 bits per heavy atom. The predicted octanol–water partition coefficient (Wildman–Crippen LogP) is 1.31. The zero-order valence-electron chi connectivity index (χ0n) is 7.71. The first-order valence-electron chi connectivity index (χ1n) is 4.58. The van der Waals surface area contributed by atoms with Gasteiger partial charge in [0.15, 0.2) is 0 Å². The smallest absolute Gasteiger partial charge is 0.137 e. The summed E-state index contributed by atoms with van der Waals surface area (Å²) in [5, 5.41) is 17.3. The molecule has 0 aromatic carbocycles. The first-order chi connectivity index (χ1) is 5.81. The molecule has 12 heavy (non-hydrogen) atoms. The normalized spacial score (nSPS) is 11.9. The Labute approximate surface area is 74.6 Å². The maximum absolute atomic E-state index is 8.84. The van der Waals surface area contributed by atoms with Crippen molar-refractivity contribution in [2.45, 2.75) is 45.1 Å². The highest BCUT2D eigenvalue weighted by Gasteiger charge is 1.91. The molecule has 2 nitrogen and oxygen atoms in total. The molecule has 0 spiro atoms. The lowest BCUT2D eigenvalue weighted by molar-refractivity contribution is 0.138. The van der Waals surface area contributed by atoms with Gasteiger partial charge in [-0.3, -0.25) is 0 Å². The van der Waals surface area contributed by atoms with Crippen molar-refractivity contribution in [3.8, 4) is 11.8 Å². The molecule has 0 radical (unpaired) electrons. The number of rotatable bonds is 5. The minimum absolute atomic E-state index is 0.262. The molecule has 0 aliphatic rings. The van der Waals surface area contributed by atoms with Crippen LogP contribution in [0.5, 0.6) is 0 Å². The Morgan fingerprint density at radius 2 is 2.00 bits per heavy atom. The van der Waals surface area contributed by atoms with Crippen LogP contribution >= 0.6 is 0 Å². The van der Waals surface area contributed by atoms with E-state index in [0.717, 1.165) is 12.8 Å². The average molecular weight is 170 g/mol. The third kappa shape index (κ3) is 7.59. The Balaban J connectivity index is 3.21. The van der Waals surface area contributed by atoms with E-state index in [1.165, 1.54) is 19.3 Å². The van der Waals surface area contributed by atoms with Crippen LogP contribution in [0.1, 0.15) is 39.0 Å². The van der Waals surface area contributed by atoms with Gasteiger partial charge in [0.05, 0.1) is 6.61 Å². The molecule has 0 aliphatic heterocycles. The SMILES string of the molecule is CCCCCCC#C[C@H](O)CO. The monoisotopic (exact) mass is 170 g/mol. The summed E-state index contributed by atoms with van der Waals surface area (Å²) in [6.07, 6.45) is 4.77. The van der Waals surface area contributed by atoms with Gasteiger partial charge >= 0.3 is 0 Å². The van der Waals surface area contributed by atoms with Gasteiger partial charge in [-0.15, -0.1) is 5.92 Å². The summed E-state index contributed by atoms with van der Waals surface area (Å²) in [5.74, 6) is 5.40. The lowest BCUT2D eigenvalue weighted by atomic mass is 10.1. The minimum Gasteiger partial charge on any atom is -0.393 e. The van der Waals surface area contributed by atoms with Crippen molar-refractivity contribution in [1.29, 1.82) is 0 Å². The predicted molar refractivity (Wildman–Crippen MR) is 49.6 cm³/mol. The third-order valence-corrected chi connectivity index (χ3v) is 1.60. The van der Waals surface area contributed by atoms with E-state index in [-0.39, 0.29) is 6.61 Å². The van der Waals surface area contributed by atoms with Crippen LogP contribution in [0, 0.1) is 11.8 Å². The van der Waals surface area contributed by atoms with Crippen molar-refractivity contribution >= 4 is 0 Å². The van der Waals surface area contributed by atoms with Gasteiger partial charge in [-0.05, 0) is 6.42 Å². The summed E-state index contributed by atoms with van der Waals surface area (Å²) in [6.45, 7) is 1.91. The van der Waals surface area contributed by atoms with Crippen LogP contribution in [0.4, 0.5) is 0 Å². The Bertz CT molecular complexity index is 144. The van der Waals surface area contributed by atoms with Crippen molar-refractivity contribution in [2.75, 3.05) is 6.61 Å². The molecule has 0 heterocycles. The maximum Gasteiger partial charge on any atom is 0.137 e. The summed E-state index contributed by atoms with van der Waals surface area (Å²) in [7, 11) is 0. The fourth-order valence-electron chi connectivity index (χ4n) is 0.876. The van der Waals surface area contributed by atoms with Gasteiger partial charge in [0, 0.05) is 6.42 Å². The molecule has 0 saturated heterocycles. The van der Waals surface area contributed by atoms with Crippen LogP contribution in [0.3, 0.4) is 0 Å². The molecule has 0 saturated carbocycles. The van der Waals surface area contributed by atoms with Crippen LogP contribution in [-0.2, 0) is 0 Å². The molecule has 0 aromatic heterocycles. The first-order valence-corrected chi connectivity index (χ1v) is 4.58. The Morgan fingerprint density at radius 1 is 1.25 bits per heavy atom.